The molecule has 8 nitrogen and oxygen atoms in total. The van der Waals surface area contributed by atoms with Crippen molar-refractivity contribution in [3.05, 3.63) is 11.3 Å². The van der Waals surface area contributed by atoms with Crippen LogP contribution in [0.3, 0.4) is 0 Å². The van der Waals surface area contributed by atoms with E-state index in [0.29, 0.717) is 18.2 Å². The molecular weight excluding hydrogens is 378 g/mol. The molecule has 1 fully saturated rings. The van der Waals surface area contributed by atoms with E-state index in [4.69, 9.17) is 4.74 Å². The highest BCUT2D eigenvalue weighted by molar-refractivity contribution is 7.90. The first-order chi connectivity index (χ1) is 13.1. The fourth-order valence-electron chi connectivity index (χ4n) is 3.48. The molecule has 0 bridgehead atoms. The van der Waals surface area contributed by atoms with Gasteiger partial charge in [-0.2, -0.15) is 9.97 Å². The number of carbonyl (C=O) groups is 1. The second kappa shape index (κ2) is 8.42. The largest absolute Gasteiger partial charge is 0.609 e. The molecule has 1 saturated heterocycles. The van der Waals surface area contributed by atoms with E-state index in [9.17, 15) is 9.35 Å². The average molecular weight is 410 g/mol. The van der Waals surface area contributed by atoms with Crippen LogP contribution in [-0.2, 0) is 28.9 Å². The van der Waals surface area contributed by atoms with E-state index in [0.717, 1.165) is 56.1 Å². The van der Waals surface area contributed by atoms with Gasteiger partial charge in [-0.3, -0.25) is 0 Å². The number of carbonyl (C=O) groups excluding carboxylic acids is 1. The van der Waals surface area contributed by atoms with E-state index < -0.39 is 16.8 Å². The summed E-state index contributed by atoms with van der Waals surface area (Å²) in [6.45, 7) is 10.3. The molecule has 2 aliphatic heterocycles. The monoisotopic (exact) mass is 409 g/mol. The lowest BCUT2D eigenvalue weighted by molar-refractivity contribution is 0.0234. The minimum atomic E-state index is -1.29. The van der Waals surface area contributed by atoms with E-state index in [1.807, 2.05) is 20.8 Å². The van der Waals surface area contributed by atoms with E-state index in [1.54, 1.807) is 11.2 Å². The Bertz CT molecular complexity index is 714. The molecule has 1 aromatic rings. The summed E-state index contributed by atoms with van der Waals surface area (Å²) in [7, 11) is 2.11. The zero-order valence-electron chi connectivity index (χ0n) is 17.5. The van der Waals surface area contributed by atoms with Crippen LogP contribution in [0.4, 0.5) is 10.6 Å². The molecule has 9 heteroatoms. The number of likely N-dealkylation sites (N-methyl/N-ethyl adjacent to an activating group) is 1. The molecule has 1 atom stereocenters. The highest BCUT2D eigenvalue weighted by atomic mass is 32.2. The van der Waals surface area contributed by atoms with Crippen LogP contribution in [0, 0.1) is 0 Å². The third-order valence-corrected chi connectivity index (χ3v) is 5.65. The summed E-state index contributed by atoms with van der Waals surface area (Å²) in [4.78, 5) is 28.1. The molecular formula is C19H31N5O3S. The lowest BCUT2D eigenvalue weighted by atomic mass is 10.1. The first-order valence-corrected chi connectivity index (χ1v) is 11.3. The zero-order chi connectivity index (χ0) is 20.5. The quantitative estimate of drug-likeness (QED) is 0.542. The van der Waals surface area contributed by atoms with Crippen LogP contribution in [0.15, 0.2) is 5.16 Å². The molecule has 1 unspecified atom stereocenters. The van der Waals surface area contributed by atoms with Crippen molar-refractivity contribution in [2.75, 3.05) is 50.9 Å². The van der Waals surface area contributed by atoms with Crippen LogP contribution in [0.2, 0.25) is 0 Å². The van der Waals surface area contributed by atoms with Gasteiger partial charge in [0.15, 0.2) is 0 Å². The number of fused-ring (bicyclic) bond motifs is 1. The van der Waals surface area contributed by atoms with Gasteiger partial charge in [-0.15, -0.1) is 0 Å². The van der Waals surface area contributed by atoms with Gasteiger partial charge in [0.25, 0.3) is 0 Å². The third-order valence-electron chi connectivity index (χ3n) is 4.96. The molecule has 2 aliphatic rings. The molecule has 0 radical (unpaired) electrons. The van der Waals surface area contributed by atoms with Crippen molar-refractivity contribution in [2.45, 2.75) is 50.9 Å². The standard InChI is InChI=1S/C19H31N5O3S/c1-19(2,3)27-18(25)24-8-6-7-14-15(13-24)20-17(28(5)26)21-16(14)23-11-9-22(4)10-12-23/h6-13H2,1-5H3. The van der Waals surface area contributed by atoms with E-state index in [2.05, 4.69) is 26.8 Å². The molecule has 3 rings (SSSR count). The van der Waals surface area contributed by atoms with E-state index in [-0.39, 0.29) is 6.09 Å². The summed E-state index contributed by atoms with van der Waals surface area (Å²) in [5.41, 5.74) is 1.32. The first kappa shape index (κ1) is 21.1. The van der Waals surface area contributed by atoms with E-state index in [1.165, 1.54) is 0 Å². The Labute approximate surface area is 170 Å². The molecule has 0 N–H and O–H groups in total. The zero-order valence-corrected chi connectivity index (χ0v) is 18.3. The first-order valence-electron chi connectivity index (χ1n) is 9.78. The molecule has 0 aliphatic carbocycles. The van der Waals surface area contributed by atoms with E-state index >= 15 is 0 Å². The maximum absolute atomic E-state index is 12.6. The van der Waals surface area contributed by atoms with Crippen molar-refractivity contribution in [1.82, 2.24) is 19.8 Å². The fraction of sp³-hybridized carbons (Fsp3) is 0.737. The third kappa shape index (κ3) is 5.07. The van der Waals surface area contributed by atoms with Gasteiger partial charge in [0.2, 0.25) is 0 Å². The Morgan fingerprint density at radius 2 is 1.82 bits per heavy atom. The predicted molar refractivity (Wildman–Crippen MR) is 109 cm³/mol. The van der Waals surface area contributed by atoms with Crippen LogP contribution in [-0.4, -0.2) is 82.0 Å². The summed E-state index contributed by atoms with van der Waals surface area (Å²) in [5.74, 6) is 0.884. The molecule has 3 heterocycles. The highest BCUT2D eigenvalue weighted by Gasteiger charge is 2.30. The Kier molecular flexibility index (Phi) is 6.36. The van der Waals surface area contributed by atoms with Crippen molar-refractivity contribution in [1.29, 1.82) is 0 Å². The topological polar surface area (TPSA) is 84.9 Å². The maximum Gasteiger partial charge on any atom is 0.410 e. The van der Waals surface area contributed by atoms with Gasteiger partial charge in [0.1, 0.15) is 17.7 Å². The van der Waals surface area contributed by atoms with Crippen LogP contribution >= 0.6 is 0 Å². The molecule has 0 spiro atoms. The second-order valence-corrected chi connectivity index (χ2v) is 9.78. The Balaban J connectivity index is 1.92. The van der Waals surface area contributed by atoms with Gasteiger partial charge < -0.3 is 24.0 Å². The molecule has 0 aromatic carbocycles. The smallest absolute Gasteiger partial charge is 0.410 e. The number of aromatic nitrogens is 2. The maximum atomic E-state index is 12.6. The van der Waals surface area contributed by atoms with Crippen molar-refractivity contribution in [3.63, 3.8) is 0 Å². The Morgan fingerprint density at radius 3 is 2.43 bits per heavy atom. The lowest BCUT2D eigenvalue weighted by Gasteiger charge is -2.34. The van der Waals surface area contributed by atoms with Crippen LogP contribution in [0.5, 0.6) is 0 Å². The lowest BCUT2D eigenvalue weighted by Crippen LogP contribution is -2.45. The van der Waals surface area contributed by atoms with Crippen molar-refractivity contribution >= 4 is 23.1 Å². The predicted octanol–water partition coefficient (Wildman–Crippen LogP) is 1.65. The van der Waals surface area contributed by atoms with Crippen molar-refractivity contribution < 1.29 is 14.1 Å². The van der Waals surface area contributed by atoms with Gasteiger partial charge in [-0.1, -0.05) is 0 Å². The summed E-state index contributed by atoms with van der Waals surface area (Å²) in [6, 6.07) is 0. The number of hydrogen-bond acceptors (Lipinski definition) is 7. The molecule has 1 aromatic heterocycles. The molecule has 28 heavy (non-hydrogen) atoms. The van der Waals surface area contributed by atoms with Crippen LogP contribution in [0.1, 0.15) is 38.4 Å². The Hall–Kier alpha value is -1.58. The van der Waals surface area contributed by atoms with Crippen molar-refractivity contribution in [2.24, 2.45) is 0 Å². The van der Waals surface area contributed by atoms with Crippen molar-refractivity contribution in [3.8, 4) is 0 Å². The van der Waals surface area contributed by atoms with Gasteiger partial charge in [-0.05, 0) is 40.7 Å². The second-order valence-electron chi connectivity index (χ2n) is 8.50. The van der Waals surface area contributed by atoms with Gasteiger partial charge in [0, 0.05) is 49.5 Å². The van der Waals surface area contributed by atoms with Crippen LogP contribution < -0.4 is 4.90 Å². The van der Waals surface area contributed by atoms with Crippen LogP contribution in [0.25, 0.3) is 0 Å². The molecule has 1 amide bonds. The minimum Gasteiger partial charge on any atom is -0.609 e. The summed E-state index contributed by atoms with van der Waals surface area (Å²) in [5, 5.41) is 0.332. The number of rotatable bonds is 2. The number of nitrogens with zero attached hydrogens (tertiary/aromatic N) is 5. The SMILES string of the molecule is CN1CCN(c2nc([S+](C)[O-])nc3c2CCCN(C(=O)OC(C)(C)C)C3)CC1. The number of ether oxygens (including phenoxy) is 1. The van der Waals surface area contributed by atoms with Gasteiger partial charge in [-0.25, -0.2) is 4.79 Å². The fourth-order valence-corrected chi connectivity index (χ4v) is 3.93. The molecule has 0 saturated carbocycles. The summed E-state index contributed by atoms with van der Waals surface area (Å²) < 4.78 is 17.7. The van der Waals surface area contributed by atoms with Gasteiger partial charge in [0.05, 0.1) is 12.2 Å². The number of piperazine rings is 1. The number of anilines is 1. The van der Waals surface area contributed by atoms with Gasteiger partial charge >= 0.3 is 11.2 Å². The average Bonchev–Trinajstić information content (AvgIpc) is 2.82. The molecule has 156 valence electrons. The normalized spacial score (nSPS) is 19.8. The number of amides is 1. The highest BCUT2D eigenvalue weighted by Crippen LogP contribution is 2.29. The number of hydrogen-bond donors (Lipinski definition) is 0. The Morgan fingerprint density at radius 1 is 1.14 bits per heavy atom. The minimum absolute atomic E-state index is 0.332. The summed E-state index contributed by atoms with van der Waals surface area (Å²) >= 11 is -1.29. The summed E-state index contributed by atoms with van der Waals surface area (Å²) in [6.07, 6.45) is 2.88.